The summed E-state index contributed by atoms with van der Waals surface area (Å²) in [6.07, 6.45) is 0.956. The molecule has 5 heteroatoms. The molecule has 5 nitrogen and oxygen atoms in total. The number of ether oxygens (including phenoxy) is 2. The third-order valence-electron chi connectivity index (χ3n) is 4.55. The van der Waals surface area contributed by atoms with Gasteiger partial charge in [0.25, 0.3) is 5.91 Å². The lowest BCUT2D eigenvalue weighted by atomic mass is 9.86. The van der Waals surface area contributed by atoms with Crippen molar-refractivity contribution in [3.8, 4) is 5.75 Å². The summed E-state index contributed by atoms with van der Waals surface area (Å²) in [6.45, 7) is 6.00. The van der Waals surface area contributed by atoms with Crippen molar-refractivity contribution in [1.29, 1.82) is 0 Å². The molecule has 1 aliphatic carbocycles. The molecular formula is C23H27NO4. The normalized spacial score (nSPS) is 14.8. The Morgan fingerprint density at radius 2 is 1.68 bits per heavy atom. The third-order valence-corrected chi connectivity index (χ3v) is 4.55. The average Bonchev–Trinajstić information content (AvgIpc) is 3.48. The number of carbonyl (C=O) groups excluding carboxylic acids is 2. The van der Waals surface area contributed by atoms with Crippen molar-refractivity contribution in [2.24, 2.45) is 0 Å². The zero-order valence-corrected chi connectivity index (χ0v) is 16.6. The molecule has 0 saturated heterocycles. The summed E-state index contributed by atoms with van der Waals surface area (Å²) < 4.78 is 11.2. The molecule has 28 heavy (non-hydrogen) atoms. The maximum Gasteiger partial charge on any atom is 0.345 e. The van der Waals surface area contributed by atoms with E-state index in [1.54, 1.807) is 12.1 Å². The lowest BCUT2D eigenvalue weighted by molar-refractivity contribution is -0.158. The molecule has 2 aromatic carbocycles. The topological polar surface area (TPSA) is 64.6 Å². The van der Waals surface area contributed by atoms with Crippen molar-refractivity contribution in [3.63, 3.8) is 0 Å². The van der Waals surface area contributed by atoms with Crippen LogP contribution in [-0.2, 0) is 19.7 Å². The minimum atomic E-state index is -0.976. The van der Waals surface area contributed by atoms with Crippen LogP contribution < -0.4 is 10.1 Å². The summed E-state index contributed by atoms with van der Waals surface area (Å²) in [5, 5.41) is 2.90. The van der Waals surface area contributed by atoms with Gasteiger partial charge in [0.05, 0.1) is 0 Å². The summed E-state index contributed by atoms with van der Waals surface area (Å²) in [4.78, 5) is 25.0. The van der Waals surface area contributed by atoms with E-state index in [9.17, 15) is 9.59 Å². The van der Waals surface area contributed by atoms with Gasteiger partial charge in [0.15, 0.2) is 6.61 Å². The van der Waals surface area contributed by atoms with Crippen molar-refractivity contribution in [2.75, 3.05) is 6.61 Å². The fourth-order valence-corrected chi connectivity index (χ4v) is 2.92. The number of hydrogen-bond donors (Lipinski definition) is 1. The molecule has 0 unspecified atom stereocenters. The highest BCUT2D eigenvalue weighted by Gasteiger charge is 2.31. The summed E-state index contributed by atoms with van der Waals surface area (Å²) in [5.74, 6) is -0.230. The number of hydrogen-bond acceptors (Lipinski definition) is 4. The van der Waals surface area contributed by atoms with Crippen LogP contribution in [0.4, 0.5) is 0 Å². The summed E-state index contributed by atoms with van der Waals surface area (Å²) in [7, 11) is 0. The lowest BCUT2D eigenvalue weighted by Gasteiger charge is -2.23. The van der Waals surface area contributed by atoms with Crippen molar-refractivity contribution in [2.45, 2.75) is 51.2 Å². The molecule has 1 saturated carbocycles. The number of rotatable bonds is 7. The second-order valence-corrected chi connectivity index (χ2v) is 8.10. The van der Waals surface area contributed by atoms with E-state index in [2.05, 4.69) is 26.1 Å². The van der Waals surface area contributed by atoms with E-state index < -0.39 is 12.1 Å². The molecular weight excluding hydrogens is 354 g/mol. The van der Waals surface area contributed by atoms with E-state index in [-0.39, 0.29) is 24.0 Å². The van der Waals surface area contributed by atoms with Gasteiger partial charge in [0.1, 0.15) is 5.75 Å². The number of para-hydroxylation sites is 1. The van der Waals surface area contributed by atoms with Crippen LogP contribution >= 0.6 is 0 Å². The van der Waals surface area contributed by atoms with Gasteiger partial charge >= 0.3 is 5.97 Å². The van der Waals surface area contributed by atoms with E-state index in [1.165, 1.54) is 0 Å². The van der Waals surface area contributed by atoms with Gasteiger partial charge in [-0.3, -0.25) is 4.79 Å². The van der Waals surface area contributed by atoms with E-state index in [1.807, 2.05) is 42.5 Å². The number of amides is 1. The SMILES string of the molecule is CC(C)(C)c1ccccc1OCC(=O)O[C@@H](C(=O)NC1CC1)c1ccccc1. The van der Waals surface area contributed by atoms with Crippen LogP contribution in [0.2, 0.25) is 0 Å². The predicted octanol–water partition coefficient (Wildman–Crippen LogP) is 3.93. The second kappa shape index (κ2) is 8.46. The Kier molecular flexibility index (Phi) is 6.02. The Morgan fingerprint density at radius 3 is 2.32 bits per heavy atom. The fourth-order valence-electron chi connectivity index (χ4n) is 2.92. The highest BCUT2D eigenvalue weighted by atomic mass is 16.6. The van der Waals surface area contributed by atoms with E-state index in [0.717, 1.165) is 18.4 Å². The molecule has 1 atom stereocenters. The Balaban J connectivity index is 1.67. The zero-order valence-electron chi connectivity index (χ0n) is 16.6. The van der Waals surface area contributed by atoms with Crippen LogP contribution in [-0.4, -0.2) is 24.5 Å². The monoisotopic (exact) mass is 381 g/mol. The number of carbonyl (C=O) groups is 2. The average molecular weight is 381 g/mol. The van der Waals surface area contributed by atoms with Crippen molar-refractivity contribution < 1.29 is 19.1 Å². The first-order chi connectivity index (χ1) is 13.3. The van der Waals surface area contributed by atoms with Gasteiger partial charge < -0.3 is 14.8 Å². The molecule has 1 amide bonds. The Hall–Kier alpha value is -2.82. The Bertz CT molecular complexity index is 822. The Labute approximate surface area is 166 Å². The van der Waals surface area contributed by atoms with Crippen LogP contribution in [0.3, 0.4) is 0 Å². The summed E-state index contributed by atoms with van der Waals surface area (Å²) >= 11 is 0. The molecule has 0 bridgehead atoms. The highest BCUT2D eigenvalue weighted by Crippen LogP contribution is 2.31. The number of esters is 1. The van der Waals surface area contributed by atoms with Gasteiger partial charge in [-0.25, -0.2) is 4.79 Å². The van der Waals surface area contributed by atoms with E-state index in [0.29, 0.717) is 11.3 Å². The minimum Gasteiger partial charge on any atom is -0.482 e. The minimum absolute atomic E-state index is 0.114. The summed E-state index contributed by atoms with van der Waals surface area (Å²) in [5.41, 5.74) is 1.54. The summed E-state index contributed by atoms with van der Waals surface area (Å²) in [6, 6.07) is 16.9. The van der Waals surface area contributed by atoms with Crippen LogP contribution in [0.5, 0.6) is 5.75 Å². The first-order valence-electron chi connectivity index (χ1n) is 9.61. The molecule has 0 aromatic heterocycles. The largest absolute Gasteiger partial charge is 0.482 e. The highest BCUT2D eigenvalue weighted by molar-refractivity contribution is 5.85. The van der Waals surface area contributed by atoms with Crippen LogP contribution in [0.25, 0.3) is 0 Å². The molecule has 3 rings (SSSR count). The van der Waals surface area contributed by atoms with Crippen LogP contribution in [0.15, 0.2) is 54.6 Å². The smallest absolute Gasteiger partial charge is 0.345 e. The van der Waals surface area contributed by atoms with Gasteiger partial charge in [-0.1, -0.05) is 69.3 Å². The lowest BCUT2D eigenvalue weighted by Crippen LogP contribution is -2.34. The van der Waals surface area contributed by atoms with Gasteiger partial charge in [-0.15, -0.1) is 0 Å². The van der Waals surface area contributed by atoms with Crippen LogP contribution in [0, 0.1) is 0 Å². The molecule has 0 spiro atoms. The maximum absolute atomic E-state index is 12.6. The van der Waals surface area contributed by atoms with Crippen LogP contribution in [0.1, 0.15) is 50.8 Å². The second-order valence-electron chi connectivity index (χ2n) is 8.10. The van der Waals surface area contributed by atoms with E-state index in [4.69, 9.17) is 9.47 Å². The third kappa shape index (κ3) is 5.35. The van der Waals surface area contributed by atoms with Gasteiger partial charge in [-0.05, 0) is 29.9 Å². The number of nitrogens with one attached hydrogen (secondary N) is 1. The van der Waals surface area contributed by atoms with Gasteiger partial charge in [0.2, 0.25) is 6.10 Å². The first kappa shape index (κ1) is 19.9. The molecule has 0 aliphatic heterocycles. The quantitative estimate of drug-likeness (QED) is 0.738. The molecule has 2 aromatic rings. The van der Waals surface area contributed by atoms with Gasteiger partial charge in [-0.2, -0.15) is 0 Å². The zero-order chi connectivity index (χ0) is 20.1. The predicted molar refractivity (Wildman–Crippen MR) is 107 cm³/mol. The van der Waals surface area contributed by atoms with Crippen molar-refractivity contribution in [1.82, 2.24) is 5.32 Å². The molecule has 1 N–H and O–H groups in total. The number of benzene rings is 2. The van der Waals surface area contributed by atoms with Gasteiger partial charge in [0, 0.05) is 11.6 Å². The standard InChI is InChI=1S/C23H27NO4/c1-23(2,3)18-11-7-8-12-19(18)27-15-20(25)28-21(16-9-5-4-6-10-16)22(26)24-17-13-14-17/h4-12,17,21H,13-15H2,1-3H3,(H,24,26)/t21-/m1/s1. The maximum atomic E-state index is 12.6. The molecule has 148 valence electrons. The molecule has 1 aliphatic rings. The Morgan fingerprint density at radius 1 is 1.04 bits per heavy atom. The molecule has 0 radical (unpaired) electrons. The fraction of sp³-hybridized carbons (Fsp3) is 0.391. The van der Waals surface area contributed by atoms with E-state index >= 15 is 0 Å². The first-order valence-corrected chi connectivity index (χ1v) is 9.61. The molecule has 1 fully saturated rings. The van der Waals surface area contributed by atoms with Crippen molar-refractivity contribution >= 4 is 11.9 Å². The van der Waals surface area contributed by atoms with Crippen molar-refractivity contribution in [3.05, 3.63) is 65.7 Å². The molecule has 0 heterocycles.